The van der Waals surface area contributed by atoms with Crippen LogP contribution in [0.4, 0.5) is 23.2 Å². The van der Waals surface area contributed by atoms with E-state index in [0.717, 1.165) is 13.2 Å². The van der Waals surface area contributed by atoms with Crippen molar-refractivity contribution < 1.29 is 35.5 Å². The van der Waals surface area contributed by atoms with Crippen LogP contribution in [0.3, 0.4) is 0 Å². The molecule has 41 heavy (non-hydrogen) atoms. The number of rotatable bonds is 8. The minimum absolute atomic E-state index is 0.0671. The van der Waals surface area contributed by atoms with Crippen LogP contribution in [0.25, 0.3) is 22.0 Å². The molecule has 0 aliphatic carbocycles. The highest BCUT2D eigenvalue weighted by Gasteiger charge is 2.39. The average Bonchev–Trinajstić information content (AvgIpc) is 2.92. The molecule has 2 aromatic heterocycles. The molecule has 2 aromatic carbocycles. The van der Waals surface area contributed by atoms with Gasteiger partial charge in [-0.1, -0.05) is 19.1 Å². The number of amides is 1. The normalized spacial score (nSPS) is 12.7. The number of benzene rings is 2. The predicted octanol–water partition coefficient (Wildman–Crippen LogP) is 3.81. The Balaban J connectivity index is 1.77. The Labute approximate surface area is 231 Å². The Bertz CT molecular complexity index is 1810. The van der Waals surface area contributed by atoms with Crippen molar-refractivity contribution >= 4 is 32.5 Å². The Kier molecular flexibility index (Phi) is 8.01. The minimum atomic E-state index is -5.15. The molecule has 0 aliphatic heterocycles. The van der Waals surface area contributed by atoms with E-state index in [2.05, 4.69) is 15.3 Å². The van der Waals surface area contributed by atoms with Gasteiger partial charge in [0.2, 0.25) is 11.8 Å². The molecule has 0 saturated carbocycles. The molecular formula is C26H23F4N5O5S. The smallest absolute Gasteiger partial charge is 0.417 e. The maximum absolute atomic E-state index is 14.4. The van der Waals surface area contributed by atoms with Gasteiger partial charge in [-0.25, -0.2) is 22.8 Å². The van der Waals surface area contributed by atoms with Crippen LogP contribution in [0.2, 0.25) is 0 Å². The van der Waals surface area contributed by atoms with Crippen molar-refractivity contribution in [3.63, 3.8) is 0 Å². The molecule has 0 fully saturated rings. The van der Waals surface area contributed by atoms with Crippen molar-refractivity contribution in [3.05, 3.63) is 76.7 Å². The molecule has 2 heterocycles. The Hall–Kier alpha value is -4.53. The Morgan fingerprint density at radius 2 is 1.85 bits per heavy atom. The number of ether oxygens (including phenoxy) is 1. The number of methoxy groups -OCH3 is 1. The van der Waals surface area contributed by atoms with Crippen LogP contribution in [-0.2, 0) is 27.5 Å². The maximum atomic E-state index is 14.4. The molecule has 4 aromatic rings. The fourth-order valence-corrected chi connectivity index (χ4v) is 5.48. The summed E-state index contributed by atoms with van der Waals surface area (Å²) in [5, 5.41) is 2.70. The number of carbonyl (C=O) groups excluding carboxylic acids is 1. The highest BCUT2D eigenvalue weighted by molar-refractivity contribution is 7.92. The second-order valence-electron chi connectivity index (χ2n) is 8.95. The van der Waals surface area contributed by atoms with Crippen molar-refractivity contribution in [3.8, 4) is 17.0 Å². The summed E-state index contributed by atoms with van der Waals surface area (Å²) in [7, 11) is -2.48. The summed E-state index contributed by atoms with van der Waals surface area (Å²) < 4.78 is 89.2. The monoisotopic (exact) mass is 593 g/mol. The number of carbonyl (C=O) groups is 1. The lowest BCUT2D eigenvalue weighted by Crippen LogP contribution is -2.32. The topological polar surface area (TPSA) is 132 Å². The third-order valence-electron chi connectivity index (χ3n) is 6.15. The number of alkyl halides is 3. The van der Waals surface area contributed by atoms with Gasteiger partial charge in [0.1, 0.15) is 16.4 Å². The minimum Gasteiger partial charge on any atom is -0.480 e. The number of sulfonamides is 1. The van der Waals surface area contributed by atoms with Crippen LogP contribution in [0, 0.1) is 11.7 Å². The maximum Gasteiger partial charge on any atom is 0.417 e. The number of fused-ring (bicyclic) bond motifs is 1. The number of nitrogens with zero attached hydrogens (tertiary/aromatic N) is 3. The molecule has 2 N–H and O–H groups in total. The second kappa shape index (κ2) is 11.2. The first-order valence-corrected chi connectivity index (χ1v) is 13.4. The van der Waals surface area contributed by atoms with Crippen molar-refractivity contribution in [2.75, 3.05) is 18.9 Å². The summed E-state index contributed by atoms with van der Waals surface area (Å²) in [6.45, 7) is 1.72. The van der Waals surface area contributed by atoms with E-state index in [9.17, 15) is 35.6 Å². The van der Waals surface area contributed by atoms with E-state index in [-0.39, 0.29) is 35.0 Å². The number of nitrogens with one attached hydrogen (secondary N) is 2. The first-order chi connectivity index (χ1) is 19.3. The van der Waals surface area contributed by atoms with E-state index in [1.807, 2.05) is 4.72 Å². The van der Waals surface area contributed by atoms with Crippen LogP contribution in [0.5, 0.6) is 5.88 Å². The molecule has 0 spiro atoms. The number of hydrogen-bond acceptors (Lipinski definition) is 7. The highest BCUT2D eigenvalue weighted by atomic mass is 32.2. The summed E-state index contributed by atoms with van der Waals surface area (Å²) in [5.74, 6) is -2.67. The van der Waals surface area contributed by atoms with Gasteiger partial charge in [-0.15, -0.1) is 0 Å². The number of anilines is 1. The van der Waals surface area contributed by atoms with Crippen LogP contribution in [0.1, 0.15) is 12.5 Å². The molecule has 216 valence electrons. The third-order valence-corrected chi connectivity index (χ3v) is 7.59. The van der Waals surface area contributed by atoms with Gasteiger partial charge in [0, 0.05) is 25.4 Å². The van der Waals surface area contributed by atoms with E-state index >= 15 is 0 Å². The zero-order chi connectivity index (χ0) is 30.1. The summed E-state index contributed by atoms with van der Waals surface area (Å²) >= 11 is 0. The van der Waals surface area contributed by atoms with Crippen molar-refractivity contribution in [1.29, 1.82) is 0 Å². The molecule has 15 heteroatoms. The zero-order valence-electron chi connectivity index (χ0n) is 21.8. The SMILES string of the molecule is CNC(=O)[C@H](C)Cn1cnc2ccc(-c3cnc(OC)c(NS(=O)(=O)c4c(F)cccc4C(F)(F)F)c3)cc2c1=O. The van der Waals surface area contributed by atoms with E-state index in [1.165, 1.54) is 36.3 Å². The van der Waals surface area contributed by atoms with E-state index < -0.39 is 44.0 Å². The summed E-state index contributed by atoms with van der Waals surface area (Å²) in [5.41, 5.74) is -1.51. The fraction of sp³-hybridized carbons (Fsp3) is 0.231. The van der Waals surface area contributed by atoms with Gasteiger partial charge in [-0.05, 0) is 35.9 Å². The molecule has 0 radical (unpaired) electrons. The molecule has 10 nitrogen and oxygen atoms in total. The summed E-state index contributed by atoms with van der Waals surface area (Å²) in [6.07, 6.45) is -2.53. The average molecular weight is 594 g/mol. The molecule has 4 rings (SSSR count). The van der Waals surface area contributed by atoms with Gasteiger partial charge in [-0.3, -0.25) is 18.9 Å². The highest BCUT2D eigenvalue weighted by Crippen LogP contribution is 2.37. The molecule has 0 bridgehead atoms. The zero-order valence-corrected chi connectivity index (χ0v) is 22.6. The number of aromatic nitrogens is 3. The summed E-state index contributed by atoms with van der Waals surface area (Å²) in [6, 6.07) is 7.62. The van der Waals surface area contributed by atoms with Crippen LogP contribution in [-0.4, -0.2) is 43.0 Å². The summed E-state index contributed by atoms with van der Waals surface area (Å²) in [4.78, 5) is 31.8. The van der Waals surface area contributed by atoms with Gasteiger partial charge < -0.3 is 10.1 Å². The van der Waals surface area contributed by atoms with E-state index in [0.29, 0.717) is 23.2 Å². The van der Waals surface area contributed by atoms with Crippen molar-refractivity contribution in [1.82, 2.24) is 19.9 Å². The van der Waals surface area contributed by atoms with Crippen LogP contribution < -0.4 is 20.3 Å². The number of halogens is 4. The molecule has 0 aliphatic rings. The second-order valence-corrected chi connectivity index (χ2v) is 10.6. The van der Waals surface area contributed by atoms with Crippen molar-refractivity contribution in [2.45, 2.75) is 24.5 Å². The van der Waals surface area contributed by atoms with E-state index in [4.69, 9.17) is 4.74 Å². The number of pyridine rings is 1. The van der Waals surface area contributed by atoms with Gasteiger partial charge in [-0.2, -0.15) is 13.2 Å². The first-order valence-electron chi connectivity index (χ1n) is 11.9. The predicted molar refractivity (Wildman–Crippen MR) is 141 cm³/mol. The van der Waals surface area contributed by atoms with Crippen molar-refractivity contribution in [2.24, 2.45) is 5.92 Å². The lowest BCUT2D eigenvalue weighted by molar-refractivity contribution is -0.140. The van der Waals surface area contributed by atoms with E-state index in [1.54, 1.807) is 19.1 Å². The largest absolute Gasteiger partial charge is 0.480 e. The Morgan fingerprint density at radius 1 is 1.12 bits per heavy atom. The number of hydrogen-bond donors (Lipinski definition) is 2. The third kappa shape index (κ3) is 5.99. The van der Waals surface area contributed by atoms with Crippen LogP contribution >= 0.6 is 0 Å². The fourth-order valence-electron chi connectivity index (χ4n) is 4.14. The van der Waals surface area contributed by atoms with Gasteiger partial charge in [0.15, 0.2) is 0 Å². The van der Waals surface area contributed by atoms with Gasteiger partial charge >= 0.3 is 6.18 Å². The molecule has 0 saturated heterocycles. The quantitative estimate of drug-likeness (QED) is 0.297. The Morgan fingerprint density at radius 3 is 2.51 bits per heavy atom. The van der Waals surface area contributed by atoms with Crippen LogP contribution in [0.15, 0.2) is 64.7 Å². The first kappa shape index (κ1) is 29.5. The standard InChI is InChI=1S/C26H23F4N5O5S/c1-14(23(36)31-2)12-35-13-33-20-8-7-15(9-17(20)25(35)37)16-10-21(24(40-3)32-11-16)34-41(38,39)22-18(26(28,29)30)5-4-6-19(22)27/h4-11,13-14,34H,12H2,1-3H3,(H,31,36)/t14-/m1/s1. The lowest BCUT2D eigenvalue weighted by Gasteiger charge is -2.16. The molecular weight excluding hydrogens is 570 g/mol. The molecule has 1 atom stereocenters. The lowest BCUT2D eigenvalue weighted by atomic mass is 10.0. The molecule has 1 amide bonds. The molecule has 0 unspecified atom stereocenters. The van der Waals surface area contributed by atoms with Gasteiger partial charge in [0.25, 0.3) is 15.6 Å². The van der Waals surface area contributed by atoms with Gasteiger partial charge in [0.05, 0.1) is 35.8 Å².